The van der Waals surface area contributed by atoms with E-state index in [9.17, 15) is 18.3 Å². The molecule has 200 valence electrons. The Hall–Kier alpha value is -2.82. The fourth-order valence-electron chi connectivity index (χ4n) is 4.74. The normalized spacial score (nSPS) is 14.9. The lowest BCUT2D eigenvalue weighted by Crippen LogP contribution is -2.49. The van der Waals surface area contributed by atoms with E-state index in [1.54, 1.807) is 37.4 Å². The van der Waals surface area contributed by atoms with E-state index in [2.05, 4.69) is 16.8 Å². The van der Waals surface area contributed by atoms with Crippen molar-refractivity contribution in [2.75, 3.05) is 50.0 Å². The number of hydrogen-bond acceptors (Lipinski definition) is 8. The van der Waals surface area contributed by atoms with Crippen LogP contribution in [-0.2, 0) is 16.4 Å². The van der Waals surface area contributed by atoms with E-state index in [4.69, 9.17) is 4.98 Å². The highest BCUT2D eigenvalue weighted by atomic mass is 32.2. The van der Waals surface area contributed by atoms with Gasteiger partial charge < -0.3 is 14.6 Å². The molecular weight excluding hydrogens is 490 g/mol. The first-order valence-corrected chi connectivity index (χ1v) is 14.8. The summed E-state index contributed by atoms with van der Waals surface area (Å²) in [5, 5.41) is 9.23. The number of β-amino-alcohol motifs (C(OH)–C–C–N with tert-alkyl or cyclic N) is 1. The van der Waals surface area contributed by atoms with Crippen molar-refractivity contribution in [3.63, 3.8) is 0 Å². The molecule has 0 radical (unpaired) electrons. The summed E-state index contributed by atoms with van der Waals surface area (Å²) in [5.41, 5.74) is 2.75. The second-order valence-electron chi connectivity index (χ2n) is 9.49. The van der Waals surface area contributed by atoms with Gasteiger partial charge in [-0.15, -0.1) is 0 Å². The van der Waals surface area contributed by atoms with Gasteiger partial charge >= 0.3 is 0 Å². The molecule has 4 rings (SSSR count). The molecule has 1 aliphatic rings. The van der Waals surface area contributed by atoms with Crippen LogP contribution < -0.4 is 10.5 Å². The monoisotopic (exact) mass is 527 g/mol. The Morgan fingerprint density at radius 2 is 1.70 bits per heavy atom. The number of benzene rings is 1. The molecule has 37 heavy (non-hydrogen) atoms. The minimum atomic E-state index is -3.28. The van der Waals surface area contributed by atoms with E-state index in [0.29, 0.717) is 43.2 Å². The number of unbranched alkanes of at least 4 members (excludes halogenated alkanes) is 3. The average Bonchev–Trinajstić information content (AvgIpc) is 2.92. The predicted molar refractivity (Wildman–Crippen MR) is 147 cm³/mol. The van der Waals surface area contributed by atoms with Crippen LogP contribution in [-0.4, -0.2) is 78.0 Å². The number of anilines is 1. The van der Waals surface area contributed by atoms with Crippen LogP contribution in [0, 0.1) is 0 Å². The first-order chi connectivity index (χ1) is 17.9. The molecule has 0 aliphatic carbocycles. The van der Waals surface area contributed by atoms with Crippen LogP contribution in [0.25, 0.3) is 22.3 Å². The molecule has 0 saturated carbocycles. The molecule has 1 fully saturated rings. The Morgan fingerprint density at radius 3 is 2.35 bits per heavy atom. The lowest BCUT2D eigenvalue weighted by molar-refractivity contribution is 0.188. The summed E-state index contributed by atoms with van der Waals surface area (Å²) in [6.45, 7) is 8.08. The Labute approximate surface area is 218 Å². The third-order valence-electron chi connectivity index (χ3n) is 7.03. The number of hydrogen-bond donors (Lipinski definition) is 1. The number of aryl methyl sites for hydroxylation is 1. The van der Waals surface area contributed by atoms with Crippen LogP contribution in [0.2, 0.25) is 0 Å². The minimum absolute atomic E-state index is 0.0510. The second-order valence-corrected chi connectivity index (χ2v) is 11.8. The minimum Gasteiger partial charge on any atom is -0.395 e. The van der Waals surface area contributed by atoms with Crippen LogP contribution >= 0.6 is 0 Å². The van der Waals surface area contributed by atoms with Gasteiger partial charge in [0.15, 0.2) is 15.7 Å². The van der Waals surface area contributed by atoms with E-state index in [1.807, 2.05) is 15.5 Å². The van der Waals surface area contributed by atoms with Crippen LogP contribution in [0.1, 0.15) is 39.5 Å². The number of pyridine rings is 1. The van der Waals surface area contributed by atoms with Gasteiger partial charge in [-0.05, 0) is 24.6 Å². The summed E-state index contributed by atoms with van der Waals surface area (Å²) >= 11 is 0. The number of aliphatic hydroxyl groups is 1. The SMILES string of the molecule is CCCCCCn1c(=O)c(N2CCN(CCO)CC2)nc2cnc(-c3ccc(S(=O)(=O)CC)cc3)cc21. The highest BCUT2D eigenvalue weighted by Gasteiger charge is 2.22. The summed E-state index contributed by atoms with van der Waals surface area (Å²) < 4.78 is 26.2. The van der Waals surface area contributed by atoms with Crippen molar-refractivity contribution in [2.24, 2.45) is 0 Å². The van der Waals surface area contributed by atoms with Gasteiger partial charge in [-0.2, -0.15) is 0 Å². The maximum absolute atomic E-state index is 13.7. The highest BCUT2D eigenvalue weighted by Crippen LogP contribution is 2.24. The zero-order valence-electron chi connectivity index (χ0n) is 21.8. The Kier molecular flexibility index (Phi) is 8.94. The number of rotatable bonds is 11. The summed E-state index contributed by atoms with van der Waals surface area (Å²) in [6.07, 6.45) is 5.89. The van der Waals surface area contributed by atoms with Crippen molar-refractivity contribution in [1.29, 1.82) is 0 Å². The summed E-state index contributed by atoms with van der Waals surface area (Å²) in [5.74, 6) is 0.505. The number of aromatic nitrogens is 3. The summed E-state index contributed by atoms with van der Waals surface area (Å²) in [4.78, 5) is 27.6. The molecule has 0 bridgehead atoms. The van der Waals surface area contributed by atoms with Crippen LogP contribution in [0.5, 0.6) is 0 Å². The van der Waals surface area contributed by atoms with E-state index in [1.165, 1.54) is 0 Å². The third-order valence-corrected chi connectivity index (χ3v) is 8.78. The van der Waals surface area contributed by atoms with Gasteiger partial charge in [-0.3, -0.25) is 14.7 Å². The van der Waals surface area contributed by atoms with Gasteiger partial charge in [0.2, 0.25) is 0 Å². The van der Waals surface area contributed by atoms with Gasteiger partial charge in [-0.25, -0.2) is 13.4 Å². The lowest BCUT2D eigenvalue weighted by atomic mass is 10.1. The number of sulfone groups is 1. The smallest absolute Gasteiger partial charge is 0.294 e. The average molecular weight is 528 g/mol. The Balaban J connectivity index is 1.71. The Bertz CT molecular complexity index is 1360. The van der Waals surface area contributed by atoms with Crippen molar-refractivity contribution < 1.29 is 13.5 Å². The molecule has 10 heteroatoms. The largest absolute Gasteiger partial charge is 0.395 e. The highest BCUT2D eigenvalue weighted by molar-refractivity contribution is 7.91. The van der Waals surface area contributed by atoms with E-state index in [0.717, 1.165) is 49.9 Å². The molecule has 0 spiro atoms. The van der Waals surface area contributed by atoms with Gasteiger partial charge in [-0.1, -0.05) is 45.2 Å². The fraction of sp³-hybridized carbons (Fsp3) is 0.519. The third kappa shape index (κ3) is 6.19. The number of fused-ring (bicyclic) bond motifs is 1. The number of aliphatic hydroxyl groups excluding tert-OH is 1. The molecule has 0 amide bonds. The van der Waals surface area contributed by atoms with Gasteiger partial charge in [0.1, 0.15) is 5.52 Å². The van der Waals surface area contributed by atoms with Crippen molar-refractivity contribution >= 4 is 26.7 Å². The molecule has 1 aromatic carbocycles. The zero-order chi connectivity index (χ0) is 26.4. The number of nitrogens with zero attached hydrogens (tertiary/aromatic N) is 5. The predicted octanol–water partition coefficient (Wildman–Crippen LogP) is 2.95. The van der Waals surface area contributed by atoms with Gasteiger partial charge in [0.05, 0.1) is 34.7 Å². The van der Waals surface area contributed by atoms with Gasteiger partial charge in [0.25, 0.3) is 5.56 Å². The van der Waals surface area contributed by atoms with Crippen molar-refractivity contribution in [1.82, 2.24) is 19.4 Å². The van der Waals surface area contributed by atoms with E-state index < -0.39 is 9.84 Å². The zero-order valence-corrected chi connectivity index (χ0v) is 22.6. The van der Waals surface area contributed by atoms with E-state index in [-0.39, 0.29) is 22.8 Å². The van der Waals surface area contributed by atoms with Crippen LogP contribution in [0.4, 0.5) is 5.82 Å². The maximum Gasteiger partial charge on any atom is 0.294 e. The first kappa shape index (κ1) is 27.2. The first-order valence-electron chi connectivity index (χ1n) is 13.2. The van der Waals surface area contributed by atoms with Crippen LogP contribution in [0.15, 0.2) is 46.2 Å². The van der Waals surface area contributed by atoms with Crippen molar-refractivity contribution in [2.45, 2.75) is 51.0 Å². The molecule has 0 unspecified atom stereocenters. The standard InChI is InChI=1S/C27H37N5O4S/c1-3-5-6-7-12-32-25-19-23(21-8-10-22(11-9-21)37(35,36)4-2)28-20-24(25)29-26(27(32)34)31-15-13-30(14-16-31)17-18-33/h8-11,19-20,33H,3-7,12-18H2,1-2H3. The molecular formula is C27H37N5O4S. The summed E-state index contributed by atoms with van der Waals surface area (Å²) in [6, 6.07) is 8.61. The lowest BCUT2D eigenvalue weighted by Gasteiger charge is -2.34. The number of piperazine rings is 1. The molecule has 9 nitrogen and oxygen atoms in total. The molecule has 3 aromatic rings. The molecule has 1 saturated heterocycles. The summed E-state index contributed by atoms with van der Waals surface area (Å²) in [7, 11) is -3.28. The fourth-order valence-corrected chi connectivity index (χ4v) is 5.62. The maximum atomic E-state index is 13.7. The Morgan fingerprint density at radius 1 is 0.973 bits per heavy atom. The molecule has 1 N–H and O–H groups in total. The quantitative estimate of drug-likeness (QED) is 0.379. The van der Waals surface area contributed by atoms with Crippen molar-refractivity contribution in [3.05, 3.63) is 46.9 Å². The molecule has 0 atom stereocenters. The van der Waals surface area contributed by atoms with E-state index >= 15 is 0 Å². The molecule has 1 aliphatic heterocycles. The van der Waals surface area contributed by atoms with Gasteiger partial charge in [0, 0.05) is 44.8 Å². The second kappa shape index (κ2) is 12.1. The molecule has 3 heterocycles. The topological polar surface area (TPSA) is 109 Å². The van der Waals surface area contributed by atoms with Crippen LogP contribution in [0.3, 0.4) is 0 Å². The van der Waals surface area contributed by atoms with Crippen molar-refractivity contribution in [3.8, 4) is 11.3 Å². The molecule has 2 aromatic heterocycles.